The first-order chi connectivity index (χ1) is 10.1. The van der Waals surface area contributed by atoms with E-state index < -0.39 is 0 Å². The highest BCUT2D eigenvalue weighted by molar-refractivity contribution is 5.92. The normalized spacial score (nSPS) is 15.0. The Morgan fingerprint density at radius 3 is 2.71 bits per heavy atom. The fourth-order valence-electron chi connectivity index (χ4n) is 2.57. The maximum atomic E-state index is 13.1. The Kier molecular flexibility index (Phi) is 5.31. The van der Waals surface area contributed by atoms with Crippen LogP contribution in [-0.2, 0) is 9.59 Å². The van der Waals surface area contributed by atoms with E-state index >= 15 is 0 Å². The van der Waals surface area contributed by atoms with Gasteiger partial charge in [-0.25, -0.2) is 4.39 Å². The molecule has 21 heavy (non-hydrogen) atoms. The SMILES string of the molecule is Cc1ccc(F)cc1NC(=O)CCNC(=O)C1CCCC1. The van der Waals surface area contributed by atoms with Crippen molar-refractivity contribution in [2.24, 2.45) is 5.92 Å². The molecule has 5 heteroatoms. The maximum absolute atomic E-state index is 13.1. The Hall–Kier alpha value is -1.91. The largest absolute Gasteiger partial charge is 0.355 e. The second-order valence-corrected chi connectivity index (χ2v) is 5.53. The van der Waals surface area contributed by atoms with E-state index in [0.29, 0.717) is 12.2 Å². The molecule has 0 bridgehead atoms. The molecule has 0 radical (unpaired) electrons. The van der Waals surface area contributed by atoms with E-state index in [-0.39, 0.29) is 30.0 Å². The molecule has 1 aromatic rings. The summed E-state index contributed by atoms with van der Waals surface area (Å²) < 4.78 is 13.1. The van der Waals surface area contributed by atoms with E-state index in [0.717, 1.165) is 31.2 Å². The van der Waals surface area contributed by atoms with E-state index in [9.17, 15) is 14.0 Å². The quantitative estimate of drug-likeness (QED) is 0.876. The third kappa shape index (κ3) is 4.55. The monoisotopic (exact) mass is 292 g/mol. The van der Waals surface area contributed by atoms with Crippen molar-refractivity contribution in [3.8, 4) is 0 Å². The van der Waals surface area contributed by atoms with Crippen LogP contribution in [0.15, 0.2) is 18.2 Å². The van der Waals surface area contributed by atoms with Crippen LogP contribution in [0.5, 0.6) is 0 Å². The molecule has 0 heterocycles. The summed E-state index contributed by atoms with van der Waals surface area (Å²) in [6.45, 7) is 2.12. The second kappa shape index (κ2) is 7.20. The van der Waals surface area contributed by atoms with Gasteiger partial charge in [-0.15, -0.1) is 0 Å². The van der Waals surface area contributed by atoms with Crippen molar-refractivity contribution < 1.29 is 14.0 Å². The van der Waals surface area contributed by atoms with Crippen LogP contribution in [0.2, 0.25) is 0 Å². The van der Waals surface area contributed by atoms with Crippen LogP contribution in [0.3, 0.4) is 0 Å². The van der Waals surface area contributed by atoms with E-state index in [1.54, 1.807) is 13.0 Å². The van der Waals surface area contributed by atoms with Gasteiger partial charge in [0.1, 0.15) is 5.82 Å². The summed E-state index contributed by atoms with van der Waals surface area (Å²) in [7, 11) is 0. The fourth-order valence-corrected chi connectivity index (χ4v) is 2.57. The summed E-state index contributed by atoms with van der Waals surface area (Å²) in [5, 5.41) is 5.46. The molecule has 0 aromatic heterocycles. The van der Waals surface area contributed by atoms with Crippen LogP contribution in [0.1, 0.15) is 37.7 Å². The fraction of sp³-hybridized carbons (Fsp3) is 0.500. The number of aryl methyl sites for hydroxylation is 1. The van der Waals surface area contributed by atoms with Crippen LogP contribution in [0.4, 0.5) is 10.1 Å². The van der Waals surface area contributed by atoms with Gasteiger partial charge in [0, 0.05) is 24.6 Å². The summed E-state index contributed by atoms with van der Waals surface area (Å²) in [6, 6.07) is 4.27. The number of hydrogen-bond acceptors (Lipinski definition) is 2. The van der Waals surface area contributed by atoms with E-state index in [1.807, 2.05) is 0 Å². The summed E-state index contributed by atoms with van der Waals surface area (Å²) in [5.41, 5.74) is 1.28. The lowest BCUT2D eigenvalue weighted by Gasteiger charge is -2.11. The van der Waals surface area contributed by atoms with Gasteiger partial charge < -0.3 is 10.6 Å². The van der Waals surface area contributed by atoms with Crippen molar-refractivity contribution in [1.82, 2.24) is 5.32 Å². The van der Waals surface area contributed by atoms with Gasteiger partial charge in [0.2, 0.25) is 11.8 Å². The van der Waals surface area contributed by atoms with Crippen LogP contribution >= 0.6 is 0 Å². The van der Waals surface area contributed by atoms with Gasteiger partial charge in [0.25, 0.3) is 0 Å². The van der Waals surface area contributed by atoms with Gasteiger partial charge >= 0.3 is 0 Å². The summed E-state index contributed by atoms with van der Waals surface area (Å²) in [6.07, 6.45) is 4.30. The van der Waals surface area contributed by atoms with Crippen LogP contribution < -0.4 is 10.6 Å². The van der Waals surface area contributed by atoms with Gasteiger partial charge in [0.05, 0.1) is 0 Å². The lowest BCUT2D eigenvalue weighted by molar-refractivity contribution is -0.124. The standard InChI is InChI=1S/C16H21FN2O2/c1-11-6-7-13(17)10-14(11)19-15(20)8-9-18-16(21)12-4-2-3-5-12/h6-7,10,12H,2-5,8-9H2,1H3,(H,18,21)(H,19,20). The molecule has 1 aliphatic rings. The third-order valence-corrected chi connectivity index (χ3v) is 3.85. The molecule has 0 saturated heterocycles. The minimum Gasteiger partial charge on any atom is -0.355 e. The molecular formula is C16H21FN2O2. The molecule has 2 amide bonds. The van der Waals surface area contributed by atoms with Gasteiger partial charge in [0.15, 0.2) is 0 Å². The van der Waals surface area contributed by atoms with Crippen LogP contribution in [0.25, 0.3) is 0 Å². The Morgan fingerprint density at radius 1 is 1.29 bits per heavy atom. The van der Waals surface area contributed by atoms with Gasteiger partial charge in [-0.1, -0.05) is 18.9 Å². The molecule has 1 aromatic carbocycles. The first-order valence-corrected chi connectivity index (χ1v) is 7.40. The van der Waals surface area contributed by atoms with Crippen molar-refractivity contribution in [2.45, 2.75) is 39.0 Å². The van der Waals surface area contributed by atoms with Crippen molar-refractivity contribution in [3.05, 3.63) is 29.6 Å². The topological polar surface area (TPSA) is 58.2 Å². The minimum absolute atomic E-state index is 0.0437. The minimum atomic E-state index is -0.384. The molecule has 1 fully saturated rings. The zero-order chi connectivity index (χ0) is 15.2. The molecule has 0 unspecified atom stereocenters. The number of anilines is 1. The number of carbonyl (C=O) groups is 2. The molecule has 114 valence electrons. The number of carbonyl (C=O) groups excluding carboxylic acids is 2. The van der Waals surface area contributed by atoms with E-state index in [1.165, 1.54) is 12.1 Å². The lowest BCUT2D eigenvalue weighted by atomic mass is 10.1. The van der Waals surface area contributed by atoms with E-state index in [2.05, 4.69) is 10.6 Å². The molecule has 2 N–H and O–H groups in total. The van der Waals surface area contributed by atoms with Crippen molar-refractivity contribution in [1.29, 1.82) is 0 Å². The number of hydrogen-bond donors (Lipinski definition) is 2. The number of nitrogens with one attached hydrogen (secondary N) is 2. The first-order valence-electron chi connectivity index (χ1n) is 7.40. The highest BCUT2D eigenvalue weighted by Gasteiger charge is 2.22. The maximum Gasteiger partial charge on any atom is 0.226 e. The Labute approximate surface area is 124 Å². The number of benzene rings is 1. The molecular weight excluding hydrogens is 271 g/mol. The Bertz CT molecular complexity index is 525. The zero-order valence-electron chi connectivity index (χ0n) is 12.2. The Balaban J connectivity index is 1.74. The lowest BCUT2D eigenvalue weighted by Crippen LogP contribution is -2.32. The molecule has 0 spiro atoms. The second-order valence-electron chi connectivity index (χ2n) is 5.53. The predicted molar refractivity (Wildman–Crippen MR) is 79.4 cm³/mol. The number of amides is 2. The summed E-state index contributed by atoms with van der Waals surface area (Å²) in [4.78, 5) is 23.6. The highest BCUT2D eigenvalue weighted by atomic mass is 19.1. The third-order valence-electron chi connectivity index (χ3n) is 3.85. The molecule has 1 aliphatic carbocycles. The number of halogens is 1. The average Bonchev–Trinajstić information content (AvgIpc) is 2.97. The van der Waals surface area contributed by atoms with Crippen LogP contribution in [-0.4, -0.2) is 18.4 Å². The first kappa shape index (κ1) is 15.5. The number of rotatable bonds is 5. The van der Waals surface area contributed by atoms with Crippen molar-refractivity contribution in [2.75, 3.05) is 11.9 Å². The molecule has 0 aliphatic heterocycles. The summed E-state index contributed by atoms with van der Waals surface area (Å²) >= 11 is 0. The molecule has 2 rings (SSSR count). The molecule has 4 nitrogen and oxygen atoms in total. The average molecular weight is 292 g/mol. The van der Waals surface area contributed by atoms with Gasteiger partial charge in [-0.2, -0.15) is 0 Å². The highest BCUT2D eigenvalue weighted by Crippen LogP contribution is 2.24. The smallest absolute Gasteiger partial charge is 0.226 e. The Morgan fingerprint density at radius 2 is 2.00 bits per heavy atom. The molecule has 0 atom stereocenters. The van der Waals surface area contributed by atoms with Crippen molar-refractivity contribution in [3.63, 3.8) is 0 Å². The van der Waals surface area contributed by atoms with Gasteiger partial charge in [-0.05, 0) is 37.5 Å². The zero-order valence-corrected chi connectivity index (χ0v) is 12.2. The summed E-state index contributed by atoms with van der Waals surface area (Å²) in [5.74, 6) is -0.457. The molecule has 1 saturated carbocycles. The predicted octanol–water partition coefficient (Wildman–Crippen LogP) is 2.77. The van der Waals surface area contributed by atoms with E-state index in [4.69, 9.17) is 0 Å². The van der Waals surface area contributed by atoms with Gasteiger partial charge in [-0.3, -0.25) is 9.59 Å². The van der Waals surface area contributed by atoms with Crippen molar-refractivity contribution >= 4 is 17.5 Å². The van der Waals surface area contributed by atoms with Crippen LogP contribution in [0, 0.1) is 18.7 Å².